The van der Waals surface area contributed by atoms with Crippen molar-refractivity contribution >= 4 is 34.2 Å². The van der Waals surface area contributed by atoms with E-state index >= 15 is 0 Å². The number of nitrogens with zero attached hydrogens (tertiary/aromatic N) is 1. The van der Waals surface area contributed by atoms with E-state index in [0.29, 0.717) is 5.56 Å². The number of hydrogen-bond donors (Lipinski definition) is 1. The van der Waals surface area contributed by atoms with Gasteiger partial charge in [-0.1, -0.05) is 28.1 Å². The first-order valence-electron chi connectivity index (χ1n) is 9.44. The molecule has 0 unspecified atom stereocenters. The van der Waals surface area contributed by atoms with Crippen LogP contribution in [0.1, 0.15) is 46.4 Å². The molecule has 2 heterocycles. The molecule has 0 saturated carbocycles. The zero-order valence-corrected chi connectivity index (χ0v) is 17.2. The van der Waals surface area contributed by atoms with Gasteiger partial charge in [0.1, 0.15) is 12.6 Å². The van der Waals surface area contributed by atoms with Gasteiger partial charge in [-0.2, -0.15) is 0 Å². The summed E-state index contributed by atoms with van der Waals surface area (Å²) in [4.78, 5) is 22.9. The van der Waals surface area contributed by atoms with Crippen LogP contribution in [0.15, 0.2) is 53.0 Å². The van der Waals surface area contributed by atoms with Gasteiger partial charge in [-0.15, -0.1) is 0 Å². The Morgan fingerprint density at radius 2 is 1.22 bits per heavy atom. The van der Waals surface area contributed by atoms with Crippen LogP contribution in [-0.2, 0) is 0 Å². The molecule has 2 aliphatic heterocycles. The minimum atomic E-state index is 0.707. The van der Waals surface area contributed by atoms with Crippen molar-refractivity contribution in [1.82, 2.24) is 5.32 Å². The van der Waals surface area contributed by atoms with E-state index in [-0.39, 0.29) is 0 Å². The van der Waals surface area contributed by atoms with Gasteiger partial charge in [0.15, 0.2) is 0 Å². The van der Waals surface area contributed by atoms with Gasteiger partial charge >= 0.3 is 0 Å². The summed E-state index contributed by atoms with van der Waals surface area (Å²) in [6, 6.07) is 15.0. The zero-order chi connectivity index (χ0) is 19.3. The SMILES string of the molecule is C1CCNC1.O=Cc1ccc(Br)cc1.O=Cc1ccc(N2CCCC2)cc1. The minimum Gasteiger partial charge on any atom is -0.372 e. The van der Waals surface area contributed by atoms with Gasteiger partial charge in [0, 0.05) is 34.4 Å². The normalized spacial score (nSPS) is 15.2. The molecule has 2 saturated heterocycles. The van der Waals surface area contributed by atoms with Crippen LogP contribution in [-0.4, -0.2) is 38.8 Å². The standard InChI is InChI=1S/C11H13NO.C7H5BrO.C4H9N/c13-9-10-3-5-11(6-4-10)12-7-1-2-8-12;8-7-3-1-6(5-9)2-4-7;1-2-4-5-3-1/h3-6,9H,1-2,7-8H2;1-5H;5H,1-4H2. The Hall–Kier alpha value is -1.98. The molecule has 4 nitrogen and oxygen atoms in total. The van der Waals surface area contributed by atoms with Crippen LogP contribution in [0.25, 0.3) is 0 Å². The van der Waals surface area contributed by atoms with Crippen molar-refractivity contribution in [3.63, 3.8) is 0 Å². The first kappa shape index (κ1) is 21.3. The molecule has 0 bridgehead atoms. The Morgan fingerprint density at radius 1 is 0.741 bits per heavy atom. The molecule has 27 heavy (non-hydrogen) atoms. The van der Waals surface area contributed by atoms with Crippen molar-refractivity contribution in [2.75, 3.05) is 31.1 Å². The first-order valence-corrected chi connectivity index (χ1v) is 10.2. The maximum atomic E-state index is 10.4. The van der Waals surface area contributed by atoms with E-state index < -0.39 is 0 Å². The highest BCUT2D eigenvalue weighted by Crippen LogP contribution is 2.19. The number of hydrogen-bond acceptors (Lipinski definition) is 4. The van der Waals surface area contributed by atoms with Gasteiger partial charge < -0.3 is 10.2 Å². The summed E-state index contributed by atoms with van der Waals surface area (Å²) in [6.07, 6.45) is 7.06. The van der Waals surface area contributed by atoms with Gasteiger partial charge in [-0.3, -0.25) is 9.59 Å². The van der Waals surface area contributed by atoms with Gasteiger partial charge in [0.25, 0.3) is 0 Å². The summed E-state index contributed by atoms with van der Waals surface area (Å²) < 4.78 is 0.994. The van der Waals surface area contributed by atoms with Crippen molar-refractivity contribution in [3.8, 4) is 0 Å². The van der Waals surface area contributed by atoms with Crippen LogP contribution in [0, 0.1) is 0 Å². The molecular weight excluding hydrogens is 404 g/mol. The Balaban J connectivity index is 0.000000161. The van der Waals surface area contributed by atoms with E-state index in [4.69, 9.17) is 0 Å². The maximum Gasteiger partial charge on any atom is 0.150 e. The molecule has 2 aromatic rings. The number of anilines is 1. The topological polar surface area (TPSA) is 49.4 Å². The molecule has 2 aliphatic rings. The highest BCUT2D eigenvalue weighted by atomic mass is 79.9. The van der Waals surface area contributed by atoms with Gasteiger partial charge in [-0.05, 0) is 75.2 Å². The van der Waals surface area contributed by atoms with Gasteiger partial charge in [0.2, 0.25) is 0 Å². The minimum absolute atomic E-state index is 0.707. The van der Waals surface area contributed by atoms with Crippen molar-refractivity contribution < 1.29 is 9.59 Å². The molecule has 0 radical (unpaired) electrons. The molecule has 2 aromatic carbocycles. The molecule has 5 heteroatoms. The summed E-state index contributed by atoms with van der Waals surface area (Å²) in [7, 11) is 0. The molecule has 0 spiro atoms. The van der Waals surface area contributed by atoms with Crippen molar-refractivity contribution in [3.05, 3.63) is 64.1 Å². The Morgan fingerprint density at radius 3 is 1.63 bits per heavy atom. The van der Waals surface area contributed by atoms with Crippen LogP contribution in [0.2, 0.25) is 0 Å². The number of carbonyl (C=O) groups is 2. The Labute approximate surface area is 170 Å². The fourth-order valence-electron chi connectivity index (χ4n) is 2.91. The Bertz CT molecular complexity index is 669. The van der Waals surface area contributed by atoms with E-state index in [9.17, 15) is 9.59 Å². The van der Waals surface area contributed by atoms with Crippen molar-refractivity contribution in [2.45, 2.75) is 25.7 Å². The van der Waals surface area contributed by atoms with Crippen molar-refractivity contribution in [2.24, 2.45) is 0 Å². The van der Waals surface area contributed by atoms with Crippen LogP contribution in [0.5, 0.6) is 0 Å². The lowest BCUT2D eigenvalue weighted by Gasteiger charge is -2.17. The lowest BCUT2D eigenvalue weighted by molar-refractivity contribution is 0.111. The number of halogens is 1. The predicted molar refractivity (Wildman–Crippen MR) is 115 cm³/mol. The third kappa shape index (κ3) is 8.06. The summed E-state index contributed by atoms with van der Waals surface area (Å²) in [6.45, 7) is 4.81. The second kappa shape index (κ2) is 12.4. The number of aldehydes is 2. The lowest BCUT2D eigenvalue weighted by atomic mass is 10.2. The largest absolute Gasteiger partial charge is 0.372 e. The number of carbonyl (C=O) groups excluding carboxylic acids is 2. The molecule has 2 fully saturated rings. The van der Waals surface area contributed by atoms with Gasteiger partial charge in [-0.25, -0.2) is 0 Å². The van der Waals surface area contributed by atoms with Crippen LogP contribution >= 0.6 is 15.9 Å². The average molecular weight is 431 g/mol. The monoisotopic (exact) mass is 430 g/mol. The summed E-state index contributed by atoms with van der Waals surface area (Å²) in [5.41, 5.74) is 2.70. The van der Waals surface area contributed by atoms with Crippen LogP contribution in [0.4, 0.5) is 5.69 Å². The summed E-state index contributed by atoms with van der Waals surface area (Å²) in [5, 5.41) is 3.22. The molecule has 0 amide bonds. The fourth-order valence-corrected chi connectivity index (χ4v) is 3.17. The molecular formula is C22H27BrN2O2. The van der Waals surface area contributed by atoms with E-state index in [1.807, 2.05) is 36.4 Å². The second-order valence-electron chi connectivity index (χ2n) is 6.53. The zero-order valence-electron chi connectivity index (χ0n) is 15.6. The van der Waals surface area contributed by atoms with E-state index in [1.54, 1.807) is 12.1 Å². The van der Waals surface area contributed by atoms with E-state index in [0.717, 1.165) is 35.7 Å². The highest BCUT2D eigenvalue weighted by Gasteiger charge is 2.11. The number of benzene rings is 2. The van der Waals surface area contributed by atoms with Crippen molar-refractivity contribution in [1.29, 1.82) is 0 Å². The molecule has 1 N–H and O–H groups in total. The fraction of sp³-hybridized carbons (Fsp3) is 0.364. The van der Waals surface area contributed by atoms with E-state index in [2.05, 4.69) is 26.1 Å². The second-order valence-corrected chi connectivity index (χ2v) is 7.45. The molecule has 0 aliphatic carbocycles. The smallest absolute Gasteiger partial charge is 0.150 e. The maximum absolute atomic E-state index is 10.4. The highest BCUT2D eigenvalue weighted by molar-refractivity contribution is 9.10. The molecule has 144 valence electrons. The van der Waals surface area contributed by atoms with Gasteiger partial charge in [0.05, 0.1) is 0 Å². The van der Waals surface area contributed by atoms with Crippen LogP contribution < -0.4 is 10.2 Å². The molecule has 0 aromatic heterocycles. The van der Waals surface area contributed by atoms with Crippen LogP contribution in [0.3, 0.4) is 0 Å². The summed E-state index contributed by atoms with van der Waals surface area (Å²) >= 11 is 3.26. The predicted octanol–water partition coefficient (Wildman–Crippen LogP) is 4.73. The molecule has 4 rings (SSSR count). The third-order valence-electron chi connectivity index (χ3n) is 4.46. The third-order valence-corrected chi connectivity index (χ3v) is 4.99. The summed E-state index contributed by atoms with van der Waals surface area (Å²) in [5.74, 6) is 0. The average Bonchev–Trinajstić information content (AvgIpc) is 3.46. The number of nitrogens with one attached hydrogen (secondary N) is 1. The quantitative estimate of drug-likeness (QED) is 0.714. The lowest BCUT2D eigenvalue weighted by Crippen LogP contribution is -2.17. The number of rotatable bonds is 3. The first-order chi connectivity index (χ1) is 13.2. The van der Waals surface area contributed by atoms with E-state index in [1.165, 1.54) is 44.5 Å². The Kier molecular flexibility index (Phi) is 9.80. The molecule has 0 atom stereocenters.